The van der Waals surface area contributed by atoms with Crippen LogP contribution in [-0.4, -0.2) is 49.1 Å². The number of thioether (sulfide) groups is 1. The van der Waals surface area contributed by atoms with Gasteiger partial charge in [0.25, 0.3) is 5.91 Å². The van der Waals surface area contributed by atoms with Gasteiger partial charge in [0.1, 0.15) is 5.82 Å². The zero-order valence-corrected chi connectivity index (χ0v) is 18.9. The van der Waals surface area contributed by atoms with E-state index in [9.17, 15) is 14.0 Å². The van der Waals surface area contributed by atoms with Crippen LogP contribution in [0.25, 0.3) is 0 Å². The first-order chi connectivity index (χ1) is 15.4. The van der Waals surface area contributed by atoms with E-state index in [2.05, 4.69) is 20.8 Å². The van der Waals surface area contributed by atoms with Crippen LogP contribution in [0.5, 0.6) is 17.2 Å². The molecule has 1 aromatic heterocycles. The molecule has 0 aliphatic carbocycles. The van der Waals surface area contributed by atoms with Gasteiger partial charge in [-0.15, -0.1) is 10.2 Å². The summed E-state index contributed by atoms with van der Waals surface area (Å²) >= 11 is 2.29. The van der Waals surface area contributed by atoms with Crippen LogP contribution in [0, 0.1) is 5.82 Å². The minimum absolute atomic E-state index is 0.0762. The summed E-state index contributed by atoms with van der Waals surface area (Å²) in [7, 11) is 4.39. The van der Waals surface area contributed by atoms with Crippen LogP contribution in [0.3, 0.4) is 0 Å². The van der Waals surface area contributed by atoms with E-state index in [1.54, 1.807) is 0 Å². The van der Waals surface area contributed by atoms with E-state index >= 15 is 0 Å². The molecule has 0 saturated carbocycles. The van der Waals surface area contributed by atoms with E-state index in [1.165, 1.54) is 57.7 Å². The quantitative estimate of drug-likeness (QED) is 0.354. The van der Waals surface area contributed by atoms with Crippen LogP contribution < -0.4 is 24.8 Å². The molecule has 0 atom stereocenters. The lowest BCUT2D eigenvalue weighted by Crippen LogP contribution is -2.13. The van der Waals surface area contributed by atoms with Crippen LogP contribution >= 0.6 is 23.1 Å². The van der Waals surface area contributed by atoms with E-state index in [4.69, 9.17) is 14.2 Å². The monoisotopic (exact) mass is 478 g/mol. The third-order valence-electron chi connectivity index (χ3n) is 4.01. The number of carbonyl (C=O) groups excluding carboxylic acids is 2. The molecule has 0 spiro atoms. The van der Waals surface area contributed by atoms with Gasteiger partial charge in [-0.1, -0.05) is 23.1 Å². The number of anilines is 2. The number of nitrogens with one attached hydrogen (secondary N) is 2. The molecule has 0 radical (unpaired) electrons. The van der Waals surface area contributed by atoms with E-state index in [-0.39, 0.29) is 28.2 Å². The van der Waals surface area contributed by atoms with Gasteiger partial charge in [0.05, 0.1) is 27.1 Å². The highest BCUT2D eigenvalue weighted by atomic mass is 32.2. The minimum Gasteiger partial charge on any atom is -0.493 e. The van der Waals surface area contributed by atoms with Crippen molar-refractivity contribution in [1.82, 2.24) is 10.2 Å². The zero-order valence-electron chi connectivity index (χ0n) is 17.3. The predicted molar refractivity (Wildman–Crippen MR) is 120 cm³/mol. The van der Waals surface area contributed by atoms with Gasteiger partial charge < -0.3 is 19.5 Å². The molecule has 9 nitrogen and oxygen atoms in total. The number of ether oxygens (including phenoxy) is 3. The SMILES string of the molecule is COc1cc(C(=O)Nc2nnc(SCC(=O)Nc3ccc(F)cc3)s2)cc(OC)c1OC. The fourth-order valence-electron chi connectivity index (χ4n) is 2.56. The standard InChI is InChI=1S/C20H19FN4O5S2/c1-28-14-8-11(9-15(29-2)17(14)30-3)18(27)23-19-24-25-20(32-19)31-10-16(26)22-13-6-4-12(21)5-7-13/h4-9H,10H2,1-3H3,(H,22,26)(H,23,24,27). The maximum absolute atomic E-state index is 12.9. The summed E-state index contributed by atoms with van der Waals surface area (Å²) in [5, 5.41) is 13.5. The predicted octanol–water partition coefficient (Wildman–Crippen LogP) is 3.69. The van der Waals surface area contributed by atoms with Gasteiger partial charge >= 0.3 is 0 Å². The summed E-state index contributed by atoms with van der Waals surface area (Å²) in [6.07, 6.45) is 0. The highest BCUT2D eigenvalue weighted by molar-refractivity contribution is 8.01. The number of aromatic nitrogens is 2. The Balaban J connectivity index is 1.59. The summed E-state index contributed by atoms with van der Waals surface area (Å²) < 4.78 is 29.2. The number of nitrogens with zero attached hydrogens (tertiary/aromatic N) is 2. The molecule has 168 valence electrons. The van der Waals surface area contributed by atoms with Crippen molar-refractivity contribution in [3.05, 3.63) is 47.8 Å². The summed E-state index contributed by atoms with van der Waals surface area (Å²) in [6.45, 7) is 0. The second kappa shape index (κ2) is 10.8. The first kappa shape index (κ1) is 23.3. The van der Waals surface area contributed by atoms with E-state index in [1.807, 2.05) is 0 Å². The molecule has 2 N–H and O–H groups in total. The van der Waals surface area contributed by atoms with Crippen LogP contribution in [0.1, 0.15) is 10.4 Å². The molecule has 3 aromatic rings. The molecule has 2 amide bonds. The Morgan fingerprint density at radius 3 is 2.25 bits per heavy atom. The smallest absolute Gasteiger partial charge is 0.257 e. The van der Waals surface area contributed by atoms with E-state index in [0.717, 1.165) is 23.1 Å². The average molecular weight is 479 g/mol. The van der Waals surface area contributed by atoms with E-state index < -0.39 is 5.91 Å². The Bertz CT molecular complexity index is 1080. The maximum Gasteiger partial charge on any atom is 0.257 e. The fraction of sp³-hybridized carbons (Fsp3) is 0.200. The first-order valence-electron chi connectivity index (χ1n) is 9.06. The maximum atomic E-state index is 12.9. The Labute approximate surface area is 191 Å². The highest BCUT2D eigenvalue weighted by Crippen LogP contribution is 2.38. The summed E-state index contributed by atoms with van der Waals surface area (Å²) in [5.74, 6) is 0.0425. The lowest BCUT2D eigenvalue weighted by molar-refractivity contribution is -0.113. The number of methoxy groups -OCH3 is 3. The van der Waals surface area contributed by atoms with Crippen LogP contribution in [0.2, 0.25) is 0 Å². The Kier molecular flexibility index (Phi) is 7.84. The number of amides is 2. The second-order valence-electron chi connectivity index (χ2n) is 6.09. The van der Waals surface area contributed by atoms with Crippen molar-refractivity contribution in [2.45, 2.75) is 4.34 Å². The van der Waals surface area contributed by atoms with Crippen molar-refractivity contribution in [3.8, 4) is 17.2 Å². The van der Waals surface area contributed by atoms with Crippen LogP contribution in [0.4, 0.5) is 15.2 Å². The molecule has 0 fully saturated rings. The Morgan fingerprint density at radius 1 is 1.00 bits per heavy atom. The van der Waals surface area contributed by atoms with Gasteiger partial charge in [0.2, 0.25) is 16.8 Å². The van der Waals surface area contributed by atoms with Gasteiger partial charge in [-0.25, -0.2) is 4.39 Å². The lowest BCUT2D eigenvalue weighted by Gasteiger charge is -2.13. The van der Waals surface area contributed by atoms with Crippen molar-refractivity contribution < 1.29 is 28.2 Å². The molecule has 0 aliphatic rings. The molecule has 1 heterocycles. The van der Waals surface area contributed by atoms with Crippen LogP contribution in [-0.2, 0) is 4.79 Å². The summed E-state index contributed by atoms with van der Waals surface area (Å²) in [5.41, 5.74) is 0.773. The van der Waals surface area contributed by atoms with Gasteiger partial charge in [-0.2, -0.15) is 0 Å². The van der Waals surface area contributed by atoms with Gasteiger partial charge in [-0.3, -0.25) is 14.9 Å². The molecule has 0 bridgehead atoms. The molecule has 32 heavy (non-hydrogen) atoms. The Hall–Kier alpha value is -3.38. The Morgan fingerprint density at radius 2 is 1.66 bits per heavy atom. The largest absolute Gasteiger partial charge is 0.493 e. The second-order valence-corrected chi connectivity index (χ2v) is 8.28. The number of benzene rings is 2. The zero-order chi connectivity index (χ0) is 23.1. The molecule has 3 rings (SSSR count). The minimum atomic E-state index is -0.439. The van der Waals surface area contributed by atoms with Crippen molar-refractivity contribution >= 4 is 45.7 Å². The van der Waals surface area contributed by atoms with Crippen molar-refractivity contribution in [2.24, 2.45) is 0 Å². The molecular formula is C20H19FN4O5S2. The fourth-order valence-corrected chi connectivity index (χ4v) is 4.10. The number of halogens is 1. The van der Waals surface area contributed by atoms with Crippen molar-refractivity contribution in [3.63, 3.8) is 0 Å². The lowest BCUT2D eigenvalue weighted by atomic mass is 10.1. The number of hydrogen-bond donors (Lipinski definition) is 2. The molecule has 0 saturated heterocycles. The average Bonchev–Trinajstić information content (AvgIpc) is 3.25. The molecular weight excluding hydrogens is 459 g/mol. The third kappa shape index (κ3) is 5.86. The molecule has 0 aliphatic heterocycles. The van der Waals surface area contributed by atoms with Gasteiger partial charge in [0, 0.05) is 11.3 Å². The molecule has 0 unspecified atom stereocenters. The van der Waals surface area contributed by atoms with Crippen molar-refractivity contribution in [2.75, 3.05) is 37.7 Å². The number of rotatable bonds is 9. The van der Waals surface area contributed by atoms with Crippen molar-refractivity contribution in [1.29, 1.82) is 0 Å². The normalized spacial score (nSPS) is 10.4. The summed E-state index contributed by atoms with van der Waals surface area (Å²) in [4.78, 5) is 24.7. The number of carbonyl (C=O) groups is 2. The van der Waals surface area contributed by atoms with E-state index in [0.29, 0.717) is 27.3 Å². The van der Waals surface area contributed by atoms with Gasteiger partial charge in [-0.05, 0) is 36.4 Å². The first-order valence-corrected chi connectivity index (χ1v) is 10.9. The highest BCUT2D eigenvalue weighted by Gasteiger charge is 2.18. The molecule has 12 heteroatoms. The number of hydrogen-bond acceptors (Lipinski definition) is 9. The van der Waals surface area contributed by atoms with Crippen LogP contribution in [0.15, 0.2) is 40.7 Å². The topological polar surface area (TPSA) is 112 Å². The van der Waals surface area contributed by atoms with Gasteiger partial charge in [0.15, 0.2) is 15.8 Å². The third-order valence-corrected chi connectivity index (χ3v) is 5.98. The molecule has 2 aromatic carbocycles. The summed E-state index contributed by atoms with van der Waals surface area (Å²) in [6, 6.07) is 8.51.